The van der Waals surface area contributed by atoms with Gasteiger partial charge < -0.3 is 4.98 Å². The van der Waals surface area contributed by atoms with E-state index in [-0.39, 0.29) is 28.3 Å². The lowest BCUT2D eigenvalue weighted by Crippen LogP contribution is -2.29. The molecule has 1 aromatic heterocycles. The van der Waals surface area contributed by atoms with Gasteiger partial charge in [-0.25, -0.2) is 17.9 Å². The van der Waals surface area contributed by atoms with Crippen molar-refractivity contribution >= 4 is 20.9 Å². The normalized spacial score (nSPS) is 13.0. The van der Waals surface area contributed by atoms with E-state index in [1.807, 2.05) is 37.3 Å². The van der Waals surface area contributed by atoms with Crippen LogP contribution in [0.4, 0.5) is 0 Å². The maximum absolute atomic E-state index is 12.6. The maximum atomic E-state index is 12.6. The van der Waals surface area contributed by atoms with Gasteiger partial charge in [-0.2, -0.15) is 0 Å². The highest BCUT2D eigenvalue weighted by Crippen LogP contribution is 2.20. The van der Waals surface area contributed by atoms with Gasteiger partial charge in [0.05, 0.1) is 15.8 Å². The highest BCUT2D eigenvalue weighted by molar-refractivity contribution is 7.89. The van der Waals surface area contributed by atoms with Crippen LogP contribution in [-0.2, 0) is 10.0 Å². The van der Waals surface area contributed by atoms with Crippen molar-refractivity contribution in [2.45, 2.75) is 24.2 Å². The van der Waals surface area contributed by atoms with E-state index in [1.54, 1.807) is 0 Å². The summed E-state index contributed by atoms with van der Waals surface area (Å²) in [6, 6.07) is 13.7. The minimum absolute atomic E-state index is 0.0227. The summed E-state index contributed by atoms with van der Waals surface area (Å²) in [6.45, 7) is 2.25. The number of H-pyrrole nitrogens is 2. The van der Waals surface area contributed by atoms with E-state index in [1.165, 1.54) is 18.2 Å². The third kappa shape index (κ3) is 3.76. The molecule has 0 saturated carbocycles. The molecule has 0 saturated heterocycles. The first kappa shape index (κ1) is 18.1. The monoisotopic (exact) mass is 373 g/mol. The molecule has 0 fully saturated rings. The van der Waals surface area contributed by atoms with Gasteiger partial charge in [0.15, 0.2) is 0 Å². The van der Waals surface area contributed by atoms with Gasteiger partial charge in [-0.15, -0.1) is 0 Å². The number of sulfonamides is 1. The molecule has 3 aromatic rings. The Bertz CT molecular complexity index is 1130. The van der Waals surface area contributed by atoms with Crippen LogP contribution >= 0.6 is 0 Å². The van der Waals surface area contributed by atoms with Crippen molar-refractivity contribution in [2.24, 2.45) is 0 Å². The summed E-state index contributed by atoms with van der Waals surface area (Å²) in [6.07, 6.45) is 0.783. The van der Waals surface area contributed by atoms with Crippen molar-refractivity contribution in [2.75, 3.05) is 6.54 Å². The number of rotatable bonds is 6. The van der Waals surface area contributed by atoms with Crippen LogP contribution in [-0.4, -0.2) is 24.9 Å². The Morgan fingerprint density at radius 1 is 1.04 bits per heavy atom. The Balaban J connectivity index is 1.87. The number of fused-ring (bicyclic) bond motifs is 1. The van der Waals surface area contributed by atoms with Crippen LogP contribution in [0, 0.1) is 0 Å². The van der Waals surface area contributed by atoms with Crippen LogP contribution in [0.5, 0.6) is 0 Å². The summed E-state index contributed by atoms with van der Waals surface area (Å²) < 4.78 is 27.8. The lowest BCUT2D eigenvalue weighted by atomic mass is 9.97. The topological polar surface area (TPSA) is 112 Å². The van der Waals surface area contributed by atoms with Crippen molar-refractivity contribution in [1.82, 2.24) is 14.7 Å². The second-order valence-corrected chi connectivity index (χ2v) is 7.75. The smallest absolute Gasteiger partial charge is 0.307 e. The predicted octanol–water partition coefficient (Wildman–Crippen LogP) is 1.69. The molecule has 0 bridgehead atoms. The Labute approximate surface area is 150 Å². The summed E-state index contributed by atoms with van der Waals surface area (Å²) in [7, 11) is -3.79. The molecule has 0 amide bonds. The first-order valence-electron chi connectivity index (χ1n) is 8.21. The Morgan fingerprint density at radius 2 is 1.77 bits per heavy atom. The molecule has 26 heavy (non-hydrogen) atoms. The summed E-state index contributed by atoms with van der Waals surface area (Å²) in [5.41, 5.74) is 0.0834. The van der Waals surface area contributed by atoms with E-state index in [2.05, 4.69) is 14.7 Å². The minimum Gasteiger partial charge on any atom is -0.307 e. The average Bonchev–Trinajstić information content (AvgIpc) is 2.62. The molecule has 1 atom stereocenters. The number of hydrogen-bond acceptors (Lipinski definition) is 4. The highest BCUT2D eigenvalue weighted by atomic mass is 32.2. The van der Waals surface area contributed by atoms with Crippen molar-refractivity contribution in [3.63, 3.8) is 0 Å². The molecule has 3 N–H and O–H groups in total. The van der Waals surface area contributed by atoms with Crippen LogP contribution in [0.25, 0.3) is 10.9 Å². The molecule has 0 aliphatic rings. The molecule has 0 spiro atoms. The fourth-order valence-corrected chi connectivity index (χ4v) is 3.94. The maximum Gasteiger partial charge on any atom is 0.326 e. The second kappa shape index (κ2) is 7.27. The van der Waals surface area contributed by atoms with Gasteiger partial charge in [0.2, 0.25) is 10.0 Å². The predicted molar refractivity (Wildman–Crippen MR) is 99.9 cm³/mol. The van der Waals surface area contributed by atoms with Crippen molar-refractivity contribution < 1.29 is 8.42 Å². The molecular weight excluding hydrogens is 354 g/mol. The van der Waals surface area contributed by atoms with E-state index < -0.39 is 21.3 Å². The molecule has 1 unspecified atom stereocenters. The first-order valence-corrected chi connectivity index (χ1v) is 9.70. The van der Waals surface area contributed by atoms with E-state index in [0.29, 0.717) is 0 Å². The van der Waals surface area contributed by atoms with Gasteiger partial charge in [0, 0.05) is 6.54 Å². The van der Waals surface area contributed by atoms with Crippen LogP contribution in [0.1, 0.15) is 24.8 Å². The number of nitrogens with one attached hydrogen (secondary N) is 3. The third-order valence-electron chi connectivity index (χ3n) is 4.30. The lowest BCUT2D eigenvalue weighted by Gasteiger charge is -2.16. The number of aromatic amines is 2. The average molecular weight is 373 g/mol. The Kier molecular flexibility index (Phi) is 5.06. The summed E-state index contributed by atoms with van der Waals surface area (Å²) in [5, 5.41) is 0.113. The molecule has 0 aliphatic heterocycles. The van der Waals surface area contributed by atoms with Crippen molar-refractivity contribution in [3.05, 3.63) is 74.9 Å². The molecule has 1 heterocycles. The fraction of sp³-hybridized carbons (Fsp3) is 0.222. The zero-order valence-corrected chi connectivity index (χ0v) is 15.0. The van der Waals surface area contributed by atoms with E-state index in [9.17, 15) is 18.0 Å². The highest BCUT2D eigenvalue weighted by Gasteiger charge is 2.18. The van der Waals surface area contributed by atoms with Crippen LogP contribution in [0.3, 0.4) is 0 Å². The standard InChI is InChI=1S/C18H19N3O4S/c1-2-12(13-6-4-3-5-7-13)11-19-26(24,25)14-8-9-16-15(10-14)17(22)21-18(23)20-16/h3-10,12,19H,2,11H2,1H3,(H2,20,21,22,23). The van der Waals surface area contributed by atoms with Crippen LogP contribution < -0.4 is 16.0 Å². The molecule has 2 aromatic carbocycles. The first-order chi connectivity index (χ1) is 12.4. The van der Waals surface area contributed by atoms with Gasteiger partial charge in [0.1, 0.15) is 0 Å². The minimum atomic E-state index is -3.79. The summed E-state index contributed by atoms with van der Waals surface area (Å²) in [5.74, 6) is 0.0474. The molecule has 3 rings (SSSR count). The Morgan fingerprint density at radius 3 is 2.46 bits per heavy atom. The zero-order valence-electron chi connectivity index (χ0n) is 14.2. The van der Waals surface area contributed by atoms with Gasteiger partial charge >= 0.3 is 5.69 Å². The molecular formula is C18H19N3O4S. The SMILES string of the molecule is CCC(CNS(=O)(=O)c1ccc2[nH]c(=O)[nH]c(=O)c2c1)c1ccccc1. The third-order valence-corrected chi connectivity index (χ3v) is 5.73. The quantitative estimate of drug-likeness (QED) is 0.610. The zero-order chi connectivity index (χ0) is 18.7. The molecule has 0 radical (unpaired) electrons. The largest absolute Gasteiger partial charge is 0.326 e. The number of aromatic nitrogens is 2. The van der Waals surface area contributed by atoms with Gasteiger partial charge in [-0.05, 0) is 36.1 Å². The van der Waals surface area contributed by atoms with Crippen LogP contribution in [0.15, 0.2) is 63.0 Å². The van der Waals surface area contributed by atoms with Gasteiger partial charge in [0.25, 0.3) is 5.56 Å². The summed E-state index contributed by atoms with van der Waals surface area (Å²) in [4.78, 5) is 27.7. The number of benzene rings is 2. The fourth-order valence-electron chi connectivity index (χ4n) is 2.83. The van der Waals surface area contributed by atoms with Crippen molar-refractivity contribution in [1.29, 1.82) is 0 Å². The van der Waals surface area contributed by atoms with Crippen LogP contribution in [0.2, 0.25) is 0 Å². The van der Waals surface area contributed by atoms with Gasteiger partial charge in [-0.1, -0.05) is 37.3 Å². The Hall–Kier alpha value is -2.71. The summed E-state index contributed by atoms with van der Waals surface area (Å²) >= 11 is 0. The lowest BCUT2D eigenvalue weighted by molar-refractivity contribution is 0.566. The van der Waals surface area contributed by atoms with E-state index in [4.69, 9.17) is 0 Å². The van der Waals surface area contributed by atoms with Crippen molar-refractivity contribution in [3.8, 4) is 0 Å². The number of hydrogen-bond donors (Lipinski definition) is 3. The molecule has 7 nitrogen and oxygen atoms in total. The molecule has 0 aliphatic carbocycles. The second-order valence-electron chi connectivity index (χ2n) is 5.98. The van der Waals surface area contributed by atoms with E-state index >= 15 is 0 Å². The van der Waals surface area contributed by atoms with Gasteiger partial charge in [-0.3, -0.25) is 9.78 Å². The van der Waals surface area contributed by atoms with E-state index in [0.717, 1.165) is 12.0 Å². The molecule has 8 heteroatoms. The molecule has 136 valence electrons.